The molecule has 0 spiro atoms. The largest absolute Gasteiger partial charge is 0.504 e. The molecule has 4 heteroatoms. The second kappa shape index (κ2) is 2.77. The molecule has 2 rings (SSSR count). The van der Waals surface area contributed by atoms with Gasteiger partial charge in [-0.15, -0.1) is 0 Å². The van der Waals surface area contributed by atoms with Gasteiger partial charge >= 0.3 is 0 Å². The smallest absolute Gasteiger partial charge is 0.248 e. The third kappa shape index (κ3) is 1.12. The predicted molar refractivity (Wildman–Crippen MR) is 52.6 cm³/mol. The first-order valence-electron chi connectivity index (χ1n) is 4.14. The van der Waals surface area contributed by atoms with Crippen molar-refractivity contribution >= 4 is 10.9 Å². The van der Waals surface area contributed by atoms with E-state index < -0.39 is 0 Å². The molecule has 72 valence electrons. The molecule has 3 N–H and O–H groups in total. The van der Waals surface area contributed by atoms with Crippen LogP contribution >= 0.6 is 0 Å². The van der Waals surface area contributed by atoms with E-state index in [0.717, 1.165) is 0 Å². The Balaban J connectivity index is 3.02. The molecule has 0 unspecified atom stereocenters. The molecule has 0 radical (unpaired) electrons. The number of phenols is 2. The Labute approximate surface area is 79.4 Å². The fourth-order valence-electron chi connectivity index (χ4n) is 1.47. The van der Waals surface area contributed by atoms with Crippen LogP contribution in [0.3, 0.4) is 0 Å². The van der Waals surface area contributed by atoms with Crippen LogP contribution < -0.4 is 5.56 Å². The van der Waals surface area contributed by atoms with Crippen molar-refractivity contribution in [3.63, 3.8) is 0 Å². The number of aromatic hydroxyl groups is 2. The lowest BCUT2D eigenvalue weighted by Crippen LogP contribution is -2.03. The van der Waals surface area contributed by atoms with Crippen molar-refractivity contribution in [1.82, 2.24) is 4.98 Å². The number of aromatic amines is 1. The number of pyridine rings is 1. The number of phenolic OH excluding ortho intramolecular Hbond substituents is 2. The van der Waals surface area contributed by atoms with Crippen LogP contribution in [0.15, 0.2) is 23.0 Å². The van der Waals surface area contributed by atoms with Crippen LogP contribution in [0.4, 0.5) is 0 Å². The molecule has 2 aromatic rings. The Morgan fingerprint density at radius 1 is 1.29 bits per heavy atom. The first kappa shape index (κ1) is 8.62. The third-order valence-electron chi connectivity index (χ3n) is 2.16. The molecule has 0 aliphatic rings. The summed E-state index contributed by atoms with van der Waals surface area (Å²) in [6, 6.07) is 4.20. The first-order chi connectivity index (χ1) is 6.59. The molecule has 0 atom stereocenters. The minimum Gasteiger partial charge on any atom is -0.504 e. The van der Waals surface area contributed by atoms with Crippen LogP contribution in [-0.4, -0.2) is 15.2 Å². The zero-order valence-electron chi connectivity index (χ0n) is 7.53. The van der Waals surface area contributed by atoms with E-state index in [1.165, 1.54) is 18.2 Å². The van der Waals surface area contributed by atoms with E-state index in [1.54, 1.807) is 6.92 Å². The number of hydrogen-bond acceptors (Lipinski definition) is 3. The molecule has 1 heterocycles. The average molecular weight is 191 g/mol. The minimum absolute atomic E-state index is 0.179. The molecule has 0 saturated heterocycles. The van der Waals surface area contributed by atoms with E-state index in [9.17, 15) is 15.0 Å². The van der Waals surface area contributed by atoms with Gasteiger partial charge in [0.05, 0.1) is 5.52 Å². The van der Waals surface area contributed by atoms with Crippen molar-refractivity contribution in [3.8, 4) is 11.5 Å². The highest BCUT2D eigenvalue weighted by Gasteiger charge is 2.08. The molecule has 0 aliphatic carbocycles. The van der Waals surface area contributed by atoms with Gasteiger partial charge in [-0.2, -0.15) is 0 Å². The number of aromatic nitrogens is 1. The first-order valence-corrected chi connectivity index (χ1v) is 4.14. The van der Waals surface area contributed by atoms with E-state index >= 15 is 0 Å². The summed E-state index contributed by atoms with van der Waals surface area (Å²) in [6.45, 7) is 1.75. The van der Waals surface area contributed by atoms with Crippen molar-refractivity contribution in [2.45, 2.75) is 6.92 Å². The quantitative estimate of drug-likeness (QED) is 0.548. The van der Waals surface area contributed by atoms with Gasteiger partial charge in [0.2, 0.25) is 5.56 Å². The normalized spacial score (nSPS) is 10.6. The van der Waals surface area contributed by atoms with Crippen LogP contribution in [0.1, 0.15) is 5.56 Å². The third-order valence-corrected chi connectivity index (χ3v) is 2.16. The lowest BCUT2D eigenvalue weighted by Gasteiger charge is -2.05. The Morgan fingerprint density at radius 3 is 2.71 bits per heavy atom. The molecular weight excluding hydrogens is 182 g/mol. The molecule has 0 fully saturated rings. The summed E-state index contributed by atoms with van der Waals surface area (Å²) >= 11 is 0. The van der Waals surface area contributed by atoms with Gasteiger partial charge < -0.3 is 15.2 Å². The van der Waals surface area contributed by atoms with E-state index in [1.807, 2.05) is 0 Å². The topological polar surface area (TPSA) is 73.3 Å². The molecule has 4 nitrogen and oxygen atoms in total. The molecule has 0 amide bonds. The molecule has 14 heavy (non-hydrogen) atoms. The fraction of sp³-hybridized carbons (Fsp3) is 0.100. The van der Waals surface area contributed by atoms with Crippen LogP contribution in [0.2, 0.25) is 0 Å². The second-order valence-electron chi connectivity index (χ2n) is 3.17. The van der Waals surface area contributed by atoms with Gasteiger partial charge in [-0.3, -0.25) is 4.79 Å². The maximum absolute atomic E-state index is 11.0. The summed E-state index contributed by atoms with van der Waals surface area (Å²) in [5.41, 5.74) is 1.03. The summed E-state index contributed by atoms with van der Waals surface area (Å²) < 4.78 is 0. The lowest BCUT2D eigenvalue weighted by molar-refractivity contribution is 0.408. The molecule has 0 bridgehead atoms. The van der Waals surface area contributed by atoms with E-state index in [-0.39, 0.29) is 17.1 Å². The number of aryl methyl sites for hydroxylation is 1. The minimum atomic E-state index is -0.231. The van der Waals surface area contributed by atoms with Gasteiger partial charge in [0, 0.05) is 11.5 Å². The maximum atomic E-state index is 11.0. The Bertz CT molecular complexity index is 557. The number of H-pyrrole nitrogens is 1. The maximum Gasteiger partial charge on any atom is 0.248 e. The molecule has 1 aromatic carbocycles. The van der Waals surface area contributed by atoms with Crippen molar-refractivity contribution < 1.29 is 10.2 Å². The van der Waals surface area contributed by atoms with Crippen LogP contribution in [0.5, 0.6) is 11.5 Å². The van der Waals surface area contributed by atoms with Crippen LogP contribution in [0, 0.1) is 6.92 Å². The van der Waals surface area contributed by atoms with E-state index in [4.69, 9.17) is 0 Å². The predicted octanol–water partition coefficient (Wildman–Crippen LogP) is 1.25. The Morgan fingerprint density at radius 2 is 2.00 bits per heavy atom. The van der Waals surface area contributed by atoms with Crippen molar-refractivity contribution in [2.24, 2.45) is 0 Å². The van der Waals surface area contributed by atoms with Gasteiger partial charge in [-0.05, 0) is 24.6 Å². The van der Waals surface area contributed by atoms with Crippen LogP contribution in [0.25, 0.3) is 10.9 Å². The second-order valence-corrected chi connectivity index (χ2v) is 3.17. The molecule has 0 saturated carbocycles. The summed E-state index contributed by atoms with van der Waals surface area (Å²) in [7, 11) is 0. The molecule has 0 aliphatic heterocycles. The van der Waals surface area contributed by atoms with Gasteiger partial charge in [0.15, 0.2) is 11.5 Å². The zero-order chi connectivity index (χ0) is 10.3. The van der Waals surface area contributed by atoms with E-state index in [2.05, 4.69) is 4.98 Å². The van der Waals surface area contributed by atoms with Crippen molar-refractivity contribution in [2.75, 3.05) is 0 Å². The number of benzene rings is 1. The van der Waals surface area contributed by atoms with Crippen LogP contribution in [-0.2, 0) is 0 Å². The fourth-order valence-corrected chi connectivity index (χ4v) is 1.47. The zero-order valence-corrected chi connectivity index (χ0v) is 7.53. The Kier molecular flexibility index (Phi) is 1.70. The average Bonchev–Trinajstić information content (AvgIpc) is 2.14. The molecule has 1 aromatic heterocycles. The monoisotopic (exact) mass is 191 g/mol. The van der Waals surface area contributed by atoms with Gasteiger partial charge in [-0.25, -0.2) is 0 Å². The van der Waals surface area contributed by atoms with Crippen molar-refractivity contribution in [1.29, 1.82) is 0 Å². The van der Waals surface area contributed by atoms with Gasteiger partial charge in [0.25, 0.3) is 0 Å². The summed E-state index contributed by atoms with van der Waals surface area (Å²) in [4.78, 5) is 13.6. The van der Waals surface area contributed by atoms with Crippen molar-refractivity contribution in [3.05, 3.63) is 34.1 Å². The SMILES string of the molecule is Cc1cc(O)c(O)c2ccc(=O)[nH]c12. The number of fused-ring (bicyclic) bond motifs is 1. The Hall–Kier alpha value is -1.97. The number of hydrogen-bond donors (Lipinski definition) is 3. The standard InChI is InChI=1S/C10H9NO3/c1-5-4-7(12)10(14)6-2-3-8(13)11-9(5)6/h2-4,12,14H,1H3,(H,11,13). The highest BCUT2D eigenvalue weighted by atomic mass is 16.3. The summed E-state index contributed by atoms with van der Waals surface area (Å²) in [6.07, 6.45) is 0. The highest BCUT2D eigenvalue weighted by Crippen LogP contribution is 2.33. The van der Waals surface area contributed by atoms with Gasteiger partial charge in [-0.1, -0.05) is 0 Å². The summed E-state index contributed by atoms with van der Waals surface area (Å²) in [5.74, 6) is -0.385. The highest BCUT2D eigenvalue weighted by molar-refractivity contribution is 5.89. The summed E-state index contributed by atoms with van der Waals surface area (Å²) in [5, 5.41) is 19.3. The van der Waals surface area contributed by atoms with E-state index in [0.29, 0.717) is 16.5 Å². The number of nitrogens with one attached hydrogen (secondary N) is 1. The molecular formula is C10H9NO3. The lowest BCUT2D eigenvalue weighted by atomic mass is 10.1. The van der Waals surface area contributed by atoms with Gasteiger partial charge in [0.1, 0.15) is 0 Å². The number of rotatable bonds is 0.